The molecule has 206 valence electrons. The summed E-state index contributed by atoms with van der Waals surface area (Å²) in [6.45, 7) is 1.25. The molecule has 3 amide bonds. The number of fused-ring (bicyclic) bond motifs is 3. The predicted octanol–water partition coefficient (Wildman–Crippen LogP) is 4.14. The van der Waals surface area contributed by atoms with Gasteiger partial charge in [-0.05, 0) is 31.2 Å². The van der Waals surface area contributed by atoms with E-state index in [1.54, 1.807) is 30.5 Å². The van der Waals surface area contributed by atoms with Gasteiger partial charge in [0.15, 0.2) is 0 Å². The molecule has 2 N–H and O–H groups in total. The van der Waals surface area contributed by atoms with Crippen LogP contribution in [0, 0.1) is 0 Å². The van der Waals surface area contributed by atoms with Crippen LogP contribution in [0.15, 0.2) is 48.9 Å². The minimum atomic E-state index is -4.92. The highest BCUT2D eigenvalue weighted by molar-refractivity contribution is 6.08. The van der Waals surface area contributed by atoms with Crippen molar-refractivity contribution < 1.29 is 32.6 Å². The lowest BCUT2D eigenvalue weighted by atomic mass is 10.1. The SMILES string of the molecule is COc1ccc(-c2ccc3ncc4c(c3n2)N(c2cc(C(F)(F)F)c(NC(=O)C(C)O)cn2)C(=O)N(C)C4)cn1. The number of carbonyl (C=O) groups is 2. The number of ether oxygens (including phenoxy) is 1. The minimum absolute atomic E-state index is 0.137. The molecule has 1 aliphatic rings. The number of aliphatic hydroxyl groups is 1. The standard InChI is InChI=1S/C26H22F3N7O4/c1-13(37)24(38)34-19-11-31-20(8-16(19)26(27,28)29)36-23-15(12-35(2)25(36)39)10-30-18-6-5-17(33-22(18)23)14-4-7-21(40-3)32-9-14/h4-11,13,37H,12H2,1-3H3,(H,34,38). The van der Waals surface area contributed by atoms with Gasteiger partial charge in [0.25, 0.3) is 5.91 Å². The summed E-state index contributed by atoms with van der Waals surface area (Å²) in [5.74, 6) is -0.977. The van der Waals surface area contributed by atoms with E-state index in [4.69, 9.17) is 9.72 Å². The first-order valence-electron chi connectivity index (χ1n) is 11.9. The Hall–Kier alpha value is -4.85. The fourth-order valence-electron chi connectivity index (χ4n) is 4.21. The number of hydrogen-bond donors (Lipinski definition) is 2. The lowest BCUT2D eigenvalue weighted by Gasteiger charge is -2.35. The molecule has 0 aromatic carbocycles. The van der Waals surface area contributed by atoms with E-state index in [1.165, 1.54) is 25.3 Å². The summed E-state index contributed by atoms with van der Waals surface area (Å²) in [6, 6.07) is 6.84. The second-order valence-electron chi connectivity index (χ2n) is 9.01. The molecule has 0 bridgehead atoms. The third-order valence-electron chi connectivity index (χ3n) is 6.21. The zero-order valence-electron chi connectivity index (χ0n) is 21.4. The Morgan fingerprint density at radius 1 is 1.12 bits per heavy atom. The number of aromatic nitrogens is 4. The van der Waals surface area contributed by atoms with Crippen LogP contribution in [0.3, 0.4) is 0 Å². The third kappa shape index (κ3) is 4.84. The number of hydrogen-bond acceptors (Lipinski definition) is 8. The molecule has 11 nitrogen and oxygen atoms in total. The average Bonchev–Trinajstić information content (AvgIpc) is 2.93. The van der Waals surface area contributed by atoms with Crippen molar-refractivity contribution in [1.29, 1.82) is 0 Å². The fourth-order valence-corrected chi connectivity index (χ4v) is 4.21. The first kappa shape index (κ1) is 26.7. The number of anilines is 3. The summed E-state index contributed by atoms with van der Waals surface area (Å²) in [6.07, 6.45) is -2.58. The second kappa shape index (κ2) is 10.0. The molecule has 5 heterocycles. The normalized spacial score (nSPS) is 14.2. The van der Waals surface area contributed by atoms with Crippen molar-refractivity contribution in [2.24, 2.45) is 0 Å². The van der Waals surface area contributed by atoms with E-state index in [2.05, 4.69) is 15.0 Å². The number of urea groups is 1. The van der Waals surface area contributed by atoms with E-state index < -0.39 is 35.5 Å². The maximum Gasteiger partial charge on any atom is 0.418 e. The average molecular weight is 554 g/mol. The van der Waals surface area contributed by atoms with Crippen LogP contribution < -0.4 is 15.0 Å². The molecule has 0 fully saturated rings. The molecule has 1 aliphatic heterocycles. The lowest BCUT2D eigenvalue weighted by molar-refractivity contribution is -0.137. The zero-order chi connectivity index (χ0) is 28.8. The van der Waals surface area contributed by atoms with Gasteiger partial charge in [-0.15, -0.1) is 0 Å². The van der Waals surface area contributed by atoms with Crippen LogP contribution in [0.25, 0.3) is 22.3 Å². The molecule has 40 heavy (non-hydrogen) atoms. The predicted molar refractivity (Wildman–Crippen MR) is 138 cm³/mol. The Morgan fingerprint density at radius 3 is 2.55 bits per heavy atom. The number of aliphatic hydroxyl groups excluding tert-OH is 1. The molecular weight excluding hydrogens is 531 g/mol. The lowest BCUT2D eigenvalue weighted by Crippen LogP contribution is -2.43. The molecule has 4 aromatic heterocycles. The summed E-state index contributed by atoms with van der Waals surface area (Å²) < 4.78 is 47.3. The smallest absolute Gasteiger partial charge is 0.418 e. The molecular formula is C26H22F3N7O4. The van der Waals surface area contributed by atoms with Crippen molar-refractivity contribution in [3.63, 3.8) is 0 Å². The Balaban J connectivity index is 1.69. The van der Waals surface area contributed by atoms with E-state index in [0.717, 1.165) is 18.0 Å². The van der Waals surface area contributed by atoms with Gasteiger partial charge in [-0.1, -0.05) is 0 Å². The van der Waals surface area contributed by atoms with Crippen LogP contribution in [0.4, 0.5) is 35.2 Å². The maximum absolute atomic E-state index is 14.1. The van der Waals surface area contributed by atoms with E-state index in [0.29, 0.717) is 34.3 Å². The van der Waals surface area contributed by atoms with E-state index >= 15 is 0 Å². The van der Waals surface area contributed by atoms with Gasteiger partial charge in [-0.3, -0.25) is 9.78 Å². The van der Waals surface area contributed by atoms with Crippen LogP contribution in [0.2, 0.25) is 0 Å². The van der Waals surface area contributed by atoms with Crippen molar-refractivity contribution in [2.75, 3.05) is 24.4 Å². The first-order valence-corrected chi connectivity index (χ1v) is 11.9. The quantitative estimate of drug-likeness (QED) is 0.377. The van der Waals surface area contributed by atoms with Crippen molar-refractivity contribution in [3.8, 4) is 17.1 Å². The van der Waals surface area contributed by atoms with E-state index in [-0.39, 0.29) is 23.6 Å². The molecule has 0 saturated carbocycles. The van der Waals surface area contributed by atoms with Gasteiger partial charge in [-0.25, -0.2) is 24.6 Å². The minimum Gasteiger partial charge on any atom is -0.481 e. The summed E-state index contributed by atoms with van der Waals surface area (Å²) in [4.78, 5) is 45.1. The number of alkyl halides is 3. The largest absolute Gasteiger partial charge is 0.481 e. The van der Waals surface area contributed by atoms with Crippen molar-refractivity contribution in [3.05, 3.63) is 60.0 Å². The third-order valence-corrected chi connectivity index (χ3v) is 6.21. The number of methoxy groups -OCH3 is 1. The summed E-state index contributed by atoms with van der Waals surface area (Å²) in [5.41, 5.74) is 0.674. The fraction of sp³-hybridized carbons (Fsp3) is 0.231. The van der Waals surface area contributed by atoms with Gasteiger partial charge in [0, 0.05) is 36.6 Å². The van der Waals surface area contributed by atoms with Crippen molar-refractivity contribution in [2.45, 2.75) is 25.7 Å². The number of amides is 3. The zero-order valence-corrected chi connectivity index (χ0v) is 21.4. The van der Waals surface area contributed by atoms with Crippen LogP contribution in [-0.4, -0.2) is 62.1 Å². The molecule has 1 unspecified atom stereocenters. The number of carbonyl (C=O) groups excluding carboxylic acids is 2. The van der Waals surface area contributed by atoms with Gasteiger partial charge in [0.05, 0.1) is 48.0 Å². The molecule has 14 heteroatoms. The van der Waals surface area contributed by atoms with Gasteiger partial charge >= 0.3 is 12.2 Å². The maximum atomic E-state index is 14.1. The molecule has 1 atom stereocenters. The summed E-state index contributed by atoms with van der Waals surface area (Å²) in [5, 5.41) is 11.5. The number of nitrogens with zero attached hydrogens (tertiary/aromatic N) is 6. The van der Waals surface area contributed by atoms with Crippen molar-refractivity contribution in [1.82, 2.24) is 24.8 Å². The number of pyridine rings is 4. The molecule has 4 aromatic rings. The first-order chi connectivity index (χ1) is 19.0. The van der Waals surface area contributed by atoms with Crippen molar-refractivity contribution >= 4 is 40.2 Å². The highest BCUT2D eigenvalue weighted by atomic mass is 19.4. The van der Waals surface area contributed by atoms with E-state index in [9.17, 15) is 27.9 Å². The summed E-state index contributed by atoms with van der Waals surface area (Å²) in [7, 11) is 2.99. The monoisotopic (exact) mass is 553 g/mol. The van der Waals surface area contributed by atoms with Crippen LogP contribution in [-0.2, 0) is 17.5 Å². The van der Waals surface area contributed by atoms with Crippen LogP contribution in [0.5, 0.6) is 5.88 Å². The molecule has 0 aliphatic carbocycles. The molecule has 5 rings (SSSR count). The number of nitrogens with one attached hydrogen (secondary N) is 1. The molecule has 0 spiro atoms. The van der Waals surface area contributed by atoms with Gasteiger partial charge in [-0.2, -0.15) is 13.2 Å². The van der Waals surface area contributed by atoms with Crippen LogP contribution in [0.1, 0.15) is 18.1 Å². The highest BCUT2D eigenvalue weighted by Gasteiger charge is 2.38. The molecule has 0 radical (unpaired) electrons. The number of halogens is 3. The number of rotatable bonds is 5. The Kier molecular flexibility index (Phi) is 6.71. The Morgan fingerprint density at radius 2 is 1.90 bits per heavy atom. The summed E-state index contributed by atoms with van der Waals surface area (Å²) >= 11 is 0. The topological polar surface area (TPSA) is 134 Å². The molecule has 0 saturated heterocycles. The Bertz CT molecular complexity index is 1630. The van der Waals surface area contributed by atoms with E-state index in [1.807, 2.05) is 5.32 Å². The van der Waals surface area contributed by atoms with Crippen LogP contribution >= 0.6 is 0 Å². The van der Waals surface area contributed by atoms with Gasteiger partial charge in [0.2, 0.25) is 5.88 Å². The van der Waals surface area contributed by atoms with Gasteiger partial charge < -0.3 is 20.1 Å². The highest BCUT2D eigenvalue weighted by Crippen LogP contribution is 2.42. The van der Waals surface area contributed by atoms with Gasteiger partial charge in [0.1, 0.15) is 17.4 Å². The second-order valence-corrected chi connectivity index (χ2v) is 9.01. The Labute approximate surface area is 225 Å².